The van der Waals surface area contributed by atoms with Gasteiger partial charge in [0.25, 0.3) is 0 Å². The first-order chi connectivity index (χ1) is 9.69. The standard InChI is InChI=1S/C14H20N4OS/c15-14(20)17-16-9-11-1-3-13(4-2-11)18-7-5-12(10-19)6-8-18/h1-4,9,12,19H,5-8,10H2,(H3,15,17,20). The number of anilines is 1. The molecule has 1 saturated heterocycles. The molecule has 0 atom stereocenters. The number of aliphatic hydroxyl groups excluding tert-OH is 1. The number of rotatable bonds is 4. The van der Waals surface area contributed by atoms with E-state index in [1.165, 1.54) is 5.69 Å². The highest BCUT2D eigenvalue weighted by atomic mass is 32.1. The summed E-state index contributed by atoms with van der Waals surface area (Å²) in [6, 6.07) is 8.19. The molecule has 108 valence electrons. The van der Waals surface area contributed by atoms with Crippen LogP contribution in [0.3, 0.4) is 0 Å². The largest absolute Gasteiger partial charge is 0.396 e. The molecule has 1 aromatic carbocycles. The van der Waals surface area contributed by atoms with E-state index in [2.05, 4.69) is 39.8 Å². The van der Waals surface area contributed by atoms with E-state index in [4.69, 9.17) is 10.8 Å². The van der Waals surface area contributed by atoms with Crippen molar-refractivity contribution in [2.45, 2.75) is 12.8 Å². The Kier molecular flexibility index (Phi) is 5.31. The van der Waals surface area contributed by atoms with Crippen LogP contribution in [-0.2, 0) is 0 Å². The van der Waals surface area contributed by atoms with Crippen LogP contribution in [0.2, 0.25) is 0 Å². The Bertz CT molecular complexity index is 467. The Morgan fingerprint density at radius 3 is 2.60 bits per heavy atom. The Morgan fingerprint density at radius 1 is 1.40 bits per heavy atom. The molecular formula is C14H20N4OS. The zero-order chi connectivity index (χ0) is 14.4. The van der Waals surface area contributed by atoms with Crippen molar-refractivity contribution in [3.63, 3.8) is 0 Å². The number of hydrogen-bond donors (Lipinski definition) is 3. The monoisotopic (exact) mass is 292 g/mol. The van der Waals surface area contributed by atoms with Gasteiger partial charge in [-0.15, -0.1) is 0 Å². The molecule has 2 rings (SSSR count). The third-order valence-corrected chi connectivity index (χ3v) is 3.61. The van der Waals surface area contributed by atoms with Crippen molar-refractivity contribution in [3.05, 3.63) is 29.8 Å². The van der Waals surface area contributed by atoms with Crippen LogP contribution in [0.5, 0.6) is 0 Å². The number of thiocarbonyl (C=S) groups is 1. The third-order valence-electron chi connectivity index (χ3n) is 3.52. The summed E-state index contributed by atoms with van der Waals surface area (Å²) in [5.74, 6) is 0.462. The molecule has 0 unspecified atom stereocenters. The molecule has 0 saturated carbocycles. The third kappa shape index (κ3) is 4.18. The van der Waals surface area contributed by atoms with Crippen LogP contribution in [0, 0.1) is 5.92 Å². The lowest BCUT2D eigenvalue weighted by Crippen LogP contribution is -2.34. The molecule has 0 bridgehead atoms. The summed E-state index contributed by atoms with van der Waals surface area (Å²) >= 11 is 4.67. The normalized spacial score (nSPS) is 16.6. The van der Waals surface area contributed by atoms with E-state index in [1.54, 1.807) is 6.21 Å². The van der Waals surface area contributed by atoms with E-state index in [1.807, 2.05) is 12.1 Å². The molecule has 1 fully saturated rings. The van der Waals surface area contributed by atoms with Gasteiger partial charge in [0.15, 0.2) is 5.11 Å². The summed E-state index contributed by atoms with van der Waals surface area (Å²) in [5, 5.41) is 13.2. The highest BCUT2D eigenvalue weighted by Crippen LogP contribution is 2.23. The number of nitrogens with one attached hydrogen (secondary N) is 1. The number of hydrogen-bond acceptors (Lipinski definition) is 4. The summed E-state index contributed by atoms with van der Waals surface area (Å²) in [6.45, 7) is 2.31. The van der Waals surface area contributed by atoms with Crippen LogP contribution >= 0.6 is 12.2 Å². The van der Waals surface area contributed by atoms with Crippen molar-refractivity contribution in [2.24, 2.45) is 16.8 Å². The van der Waals surface area contributed by atoms with Crippen molar-refractivity contribution in [2.75, 3.05) is 24.6 Å². The second-order valence-electron chi connectivity index (χ2n) is 4.94. The molecule has 20 heavy (non-hydrogen) atoms. The van der Waals surface area contributed by atoms with Crippen molar-refractivity contribution in [3.8, 4) is 0 Å². The highest BCUT2D eigenvalue weighted by molar-refractivity contribution is 7.80. The fourth-order valence-electron chi connectivity index (χ4n) is 2.32. The minimum atomic E-state index is 0.157. The molecule has 0 amide bonds. The molecule has 6 heteroatoms. The number of benzene rings is 1. The van der Waals surface area contributed by atoms with Crippen LogP contribution in [0.25, 0.3) is 0 Å². The molecule has 1 aliphatic heterocycles. The van der Waals surface area contributed by atoms with Gasteiger partial charge in [0, 0.05) is 25.4 Å². The molecule has 0 aliphatic carbocycles. The highest BCUT2D eigenvalue weighted by Gasteiger charge is 2.18. The molecule has 4 N–H and O–H groups in total. The lowest BCUT2D eigenvalue weighted by molar-refractivity contribution is 0.203. The quantitative estimate of drug-likeness (QED) is 0.440. The average molecular weight is 292 g/mol. The summed E-state index contributed by atoms with van der Waals surface area (Å²) in [5.41, 5.74) is 10.0. The summed E-state index contributed by atoms with van der Waals surface area (Å²) in [4.78, 5) is 2.35. The Labute approximate surface area is 124 Å². The molecule has 0 radical (unpaired) electrons. The first kappa shape index (κ1) is 14.7. The number of nitrogens with zero attached hydrogens (tertiary/aromatic N) is 2. The van der Waals surface area contributed by atoms with Crippen LogP contribution in [0.15, 0.2) is 29.4 Å². The zero-order valence-corrected chi connectivity index (χ0v) is 12.1. The summed E-state index contributed by atoms with van der Waals surface area (Å²) in [6.07, 6.45) is 3.79. The van der Waals surface area contributed by atoms with Gasteiger partial charge in [0.2, 0.25) is 0 Å². The van der Waals surface area contributed by atoms with Gasteiger partial charge in [-0.25, -0.2) is 0 Å². The maximum Gasteiger partial charge on any atom is 0.184 e. The average Bonchev–Trinajstić information content (AvgIpc) is 2.48. The van der Waals surface area contributed by atoms with Crippen LogP contribution in [0.4, 0.5) is 5.69 Å². The Morgan fingerprint density at radius 2 is 2.05 bits per heavy atom. The fraction of sp³-hybridized carbons (Fsp3) is 0.429. The second-order valence-corrected chi connectivity index (χ2v) is 5.38. The SMILES string of the molecule is NC(=S)NN=Cc1ccc(N2CCC(CO)CC2)cc1. The van der Waals surface area contributed by atoms with Crippen molar-refractivity contribution >= 4 is 29.2 Å². The molecule has 1 aromatic rings. The molecular weight excluding hydrogens is 272 g/mol. The summed E-state index contributed by atoms with van der Waals surface area (Å²) in [7, 11) is 0. The number of nitrogens with two attached hydrogens (primary N) is 1. The van der Waals surface area contributed by atoms with E-state index in [-0.39, 0.29) is 5.11 Å². The van der Waals surface area contributed by atoms with E-state index < -0.39 is 0 Å². The number of hydrazone groups is 1. The van der Waals surface area contributed by atoms with Gasteiger partial charge in [-0.2, -0.15) is 5.10 Å². The fourth-order valence-corrected chi connectivity index (χ4v) is 2.37. The first-order valence-corrected chi connectivity index (χ1v) is 7.14. The predicted octanol–water partition coefficient (Wildman–Crippen LogP) is 1.06. The lowest BCUT2D eigenvalue weighted by Gasteiger charge is -2.32. The number of aliphatic hydroxyl groups is 1. The summed E-state index contributed by atoms with van der Waals surface area (Å²) < 4.78 is 0. The zero-order valence-electron chi connectivity index (χ0n) is 11.3. The van der Waals surface area contributed by atoms with Gasteiger partial charge in [-0.1, -0.05) is 12.1 Å². The second kappa shape index (κ2) is 7.21. The first-order valence-electron chi connectivity index (χ1n) is 6.73. The molecule has 1 heterocycles. The van der Waals surface area contributed by atoms with Crippen molar-refractivity contribution in [1.82, 2.24) is 5.43 Å². The van der Waals surface area contributed by atoms with E-state index in [0.29, 0.717) is 12.5 Å². The Balaban J connectivity index is 1.91. The molecule has 0 aromatic heterocycles. The topological polar surface area (TPSA) is 73.9 Å². The van der Waals surface area contributed by atoms with Crippen LogP contribution in [0.1, 0.15) is 18.4 Å². The van der Waals surface area contributed by atoms with Crippen LogP contribution in [-0.4, -0.2) is 36.1 Å². The van der Waals surface area contributed by atoms with Crippen molar-refractivity contribution < 1.29 is 5.11 Å². The number of piperidine rings is 1. The smallest absolute Gasteiger partial charge is 0.184 e. The predicted molar refractivity (Wildman–Crippen MR) is 86.0 cm³/mol. The molecule has 1 aliphatic rings. The molecule has 5 nitrogen and oxygen atoms in total. The molecule has 0 spiro atoms. The van der Waals surface area contributed by atoms with Crippen LogP contribution < -0.4 is 16.1 Å². The maximum absolute atomic E-state index is 9.15. The van der Waals surface area contributed by atoms with Gasteiger partial charge in [-0.3, -0.25) is 5.43 Å². The van der Waals surface area contributed by atoms with Gasteiger partial charge in [0.1, 0.15) is 0 Å². The van der Waals surface area contributed by atoms with Crippen molar-refractivity contribution in [1.29, 1.82) is 0 Å². The maximum atomic E-state index is 9.15. The van der Waals surface area contributed by atoms with E-state index >= 15 is 0 Å². The lowest BCUT2D eigenvalue weighted by atomic mass is 9.97. The minimum Gasteiger partial charge on any atom is -0.396 e. The van der Waals surface area contributed by atoms with Gasteiger partial charge in [-0.05, 0) is 48.7 Å². The Hall–Kier alpha value is -1.66. The van der Waals surface area contributed by atoms with Gasteiger partial charge < -0.3 is 15.7 Å². The minimum absolute atomic E-state index is 0.157. The van der Waals surface area contributed by atoms with E-state index in [9.17, 15) is 0 Å². The van der Waals surface area contributed by atoms with Gasteiger partial charge in [0.05, 0.1) is 6.21 Å². The van der Waals surface area contributed by atoms with E-state index in [0.717, 1.165) is 31.5 Å². The van der Waals surface area contributed by atoms with Gasteiger partial charge >= 0.3 is 0 Å².